The number of piperazine rings is 1. The van der Waals surface area contributed by atoms with E-state index in [0.717, 1.165) is 12.8 Å². The quantitative estimate of drug-likeness (QED) is 0.830. The molecule has 1 atom stereocenters. The Morgan fingerprint density at radius 2 is 1.95 bits per heavy atom. The van der Waals surface area contributed by atoms with Crippen molar-refractivity contribution in [2.45, 2.75) is 70.6 Å². The third kappa shape index (κ3) is 3.14. The summed E-state index contributed by atoms with van der Waals surface area (Å²) < 4.78 is 5.82. The molecule has 1 unspecified atom stereocenters. The van der Waals surface area contributed by atoms with Crippen molar-refractivity contribution in [1.29, 1.82) is 0 Å². The van der Waals surface area contributed by atoms with Gasteiger partial charge in [-0.1, -0.05) is 19.8 Å². The number of nitrogens with zero attached hydrogens (tertiary/aromatic N) is 1. The number of nitrogens with one attached hydrogen (secondary N) is 1. The van der Waals surface area contributed by atoms with Gasteiger partial charge >= 0.3 is 0 Å². The van der Waals surface area contributed by atoms with Crippen molar-refractivity contribution in [2.75, 3.05) is 13.2 Å². The van der Waals surface area contributed by atoms with Crippen LogP contribution in [0.5, 0.6) is 0 Å². The minimum atomic E-state index is -0.809. The highest BCUT2D eigenvalue weighted by Gasteiger charge is 2.44. The maximum absolute atomic E-state index is 12.4. The molecule has 1 saturated carbocycles. The molecule has 0 radical (unpaired) electrons. The topological polar surface area (TPSA) is 58.6 Å². The van der Waals surface area contributed by atoms with E-state index in [-0.39, 0.29) is 17.9 Å². The number of carbonyl (C=O) groups is 2. The highest BCUT2D eigenvalue weighted by molar-refractivity contribution is 5.99. The molecule has 0 aromatic heterocycles. The normalized spacial score (nSPS) is 26.9. The third-order valence-electron chi connectivity index (χ3n) is 4.28. The molecule has 2 aliphatic rings. The summed E-state index contributed by atoms with van der Waals surface area (Å²) >= 11 is 0. The van der Waals surface area contributed by atoms with Crippen molar-refractivity contribution in [1.82, 2.24) is 10.2 Å². The van der Waals surface area contributed by atoms with Crippen LogP contribution in [0.3, 0.4) is 0 Å². The Morgan fingerprint density at radius 3 is 2.55 bits per heavy atom. The molecule has 2 amide bonds. The first-order valence-corrected chi connectivity index (χ1v) is 7.70. The minimum absolute atomic E-state index is 0.0148. The Hall–Kier alpha value is -1.10. The van der Waals surface area contributed by atoms with Crippen molar-refractivity contribution in [3.05, 3.63) is 0 Å². The monoisotopic (exact) mass is 282 g/mol. The van der Waals surface area contributed by atoms with Crippen LogP contribution in [0.15, 0.2) is 0 Å². The molecule has 0 spiro atoms. The van der Waals surface area contributed by atoms with E-state index in [2.05, 4.69) is 5.32 Å². The molecule has 5 heteroatoms. The molecule has 1 heterocycles. The second-order valence-corrected chi connectivity index (χ2v) is 6.31. The Bertz CT molecular complexity index is 375. The van der Waals surface area contributed by atoms with Gasteiger partial charge in [0.15, 0.2) is 0 Å². The minimum Gasteiger partial charge on any atom is -0.376 e. The Kier molecular flexibility index (Phi) is 4.68. The van der Waals surface area contributed by atoms with Crippen molar-refractivity contribution in [2.24, 2.45) is 0 Å². The smallest absolute Gasteiger partial charge is 0.248 e. The van der Waals surface area contributed by atoms with E-state index in [9.17, 15) is 9.59 Å². The molecular weight excluding hydrogens is 256 g/mol. The van der Waals surface area contributed by atoms with Crippen LogP contribution in [0, 0.1) is 0 Å². The number of carbonyl (C=O) groups excluding carboxylic acids is 2. The first kappa shape index (κ1) is 15.3. The molecule has 1 saturated heterocycles. The molecule has 114 valence electrons. The van der Waals surface area contributed by atoms with Crippen molar-refractivity contribution >= 4 is 11.8 Å². The molecule has 2 fully saturated rings. The van der Waals surface area contributed by atoms with Crippen molar-refractivity contribution in [3.63, 3.8) is 0 Å². The average Bonchev–Trinajstić information content (AvgIpc) is 2.88. The summed E-state index contributed by atoms with van der Waals surface area (Å²) in [6.07, 6.45) is 5.70. The van der Waals surface area contributed by atoms with Crippen LogP contribution in [-0.4, -0.2) is 47.6 Å². The van der Waals surface area contributed by atoms with Crippen LogP contribution in [0.1, 0.15) is 52.9 Å². The first-order chi connectivity index (χ1) is 9.45. The molecule has 0 aromatic carbocycles. The molecule has 1 aliphatic heterocycles. The van der Waals surface area contributed by atoms with Gasteiger partial charge in [0.25, 0.3) is 0 Å². The Balaban J connectivity index is 1.94. The second kappa shape index (κ2) is 6.12. The van der Waals surface area contributed by atoms with Gasteiger partial charge in [-0.3, -0.25) is 9.59 Å². The molecule has 5 nitrogen and oxygen atoms in total. The standard InChI is InChI=1S/C15H26N2O3/c1-4-12-13(18)16-15(2,3)14(19)17(12)9-10-20-11-7-5-6-8-11/h11-12H,4-10H2,1-3H3,(H,16,18). The van der Waals surface area contributed by atoms with Gasteiger partial charge in [0.05, 0.1) is 12.7 Å². The van der Waals surface area contributed by atoms with Gasteiger partial charge in [-0.05, 0) is 33.1 Å². The summed E-state index contributed by atoms with van der Waals surface area (Å²) in [4.78, 5) is 26.2. The number of hydrogen-bond donors (Lipinski definition) is 1. The van der Waals surface area contributed by atoms with Crippen LogP contribution in [0.2, 0.25) is 0 Å². The largest absolute Gasteiger partial charge is 0.376 e. The summed E-state index contributed by atoms with van der Waals surface area (Å²) in [7, 11) is 0. The lowest BCUT2D eigenvalue weighted by atomic mass is 9.96. The fourth-order valence-corrected chi connectivity index (χ4v) is 3.12. The predicted molar refractivity (Wildman–Crippen MR) is 76.2 cm³/mol. The van der Waals surface area contributed by atoms with Crippen LogP contribution >= 0.6 is 0 Å². The first-order valence-electron chi connectivity index (χ1n) is 7.70. The highest BCUT2D eigenvalue weighted by atomic mass is 16.5. The predicted octanol–water partition coefficient (Wildman–Crippen LogP) is 1.46. The lowest BCUT2D eigenvalue weighted by Gasteiger charge is -2.42. The highest BCUT2D eigenvalue weighted by Crippen LogP contribution is 2.22. The molecule has 1 N–H and O–H groups in total. The van der Waals surface area contributed by atoms with Gasteiger partial charge in [0.1, 0.15) is 11.6 Å². The van der Waals surface area contributed by atoms with Gasteiger partial charge < -0.3 is 15.0 Å². The zero-order valence-corrected chi connectivity index (χ0v) is 12.8. The van der Waals surface area contributed by atoms with E-state index in [0.29, 0.717) is 25.7 Å². The number of ether oxygens (including phenoxy) is 1. The van der Waals surface area contributed by atoms with Crippen LogP contribution in [0.25, 0.3) is 0 Å². The number of hydrogen-bond acceptors (Lipinski definition) is 3. The third-order valence-corrected chi connectivity index (χ3v) is 4.28. The summed E-state index contributed by atoms with van der Waals surface area (Å²) in [5, 5.41) is 2.80. The molecular formula is C15H26N2O3. The fourth-order valence-electron chi connectivity index (χ4n) is 3.12. The molecule has 0 aromatic rings. The molecule has 2 rings (SSSR count). The van der Waals surface area contributed by atoms with Crippen molar-refractivity contribution < 1.29 is 14.3 Å². The SMILES string of the molecule is CCC1C(=O)NC(C)(C)C(=O)N1CCOC1CCCC1. The maximum Gasteiger partial charge on any atom is 0.248 e. The van der Waals surface area contributed by atoms with Gasteiger partial charge in [0, 0.05) is 6.54 Å². The summed E-state index contributed by atoms with van der Waals surface area (Å²) in [6.45, 7) is 6.47. The van der Waals surface area contributed by atoms with Crippen LogP contribution in [0.4, 0.5) is 0 Å². The summed E-state index contributed by atoms with van der Waals surface area (Å²) in [5.74, 6) is -0.0723. The molecule has 20 heavy (non-hydrogen) atoms. The average molecular weight is 282 g/mol. The van der Waals surface area contributed by atoms with Gasteiger partial charge in [-0.15, -0.1) is 0 Å². The Labute approximate surface area is 121 Å². The lowest BCUT2D eigenvalue weighted by molar-refractivity contribution is -0.154. The molecule has 1 aliphatic carbocycles. The van der Waals surface area contributed by atoms with Crippen LogP contribution in [-0.2, 0) is 14.3 Å². The Morgan fingerprint density at radius 1 is 1.30 bits per heavy atom. The van der Waals surface area contributed by atoms with E-state index < -0.39 is 5.54 Å². The fraction of sp³-hybridized carbons (Fsp3) is 0.867. The van der Waals surface area contributed by atoms with E-state index in [4.69, 9.17) is 4.74 Å². The zero-order valence-electron chi connectivity index (χ0n) is 12.8. The van der Waals surface area contributed by atoms with Gasteiger partial charge in [0.2, 0.25) is 11.8 Å². The van der Waals surface area contributed by atoms with E-state index in [1.54, 1.807) is 18.7 Å². The maximum atomic E-state index is 12.4. The number of rotatable bonds is 5. The zero-order chi connectivity index (χ0) is 14.8. The van der Waals surface area contributed by atoms with E-state index in [1.807, 2.05) is 6.92 Å². The van der Waals surface area contributed by atoms with Gasteiger partial charge in [-0.2, -0.15) is 0 Å². The number of amides is 2. The van der Waals surface area contributed by atoms with Crippen LogP contribution < -0.4 is 5.32 Å². The second-order valence-electron chi connectivity index (χ2n) is 6.31. The molecule has 0 bridgehead atoms. The van der Waals surface area contributed by atoms with E-state index in [1.165, 1.54) is 12.8 Å². The lowest BCUT2D eigenvalue weighted by Crippen LogP contribution is -2.68. The summed E-state index contributed by atoms with van der Waals surface area (Å²) in [6, 6.07) is -0.359. The van der Waals surface area contributed by atoms with Crippen molar-refractivity contribution in [3.8, 4) is 0 Å². The van der Waals surface area contributed by atoms with E-state index >= 15 is 0 Å². The summed E-state index contributed by atoms with van der Waals surface area (Å²) in [5.41, 5.74) is -0.809. The van der Waals surface area contributed by atoms with Gasteiger partial charge in [-0.25, -0.2) is 0 Å².